The lowest BCUT2D eigenvalue weighted by Crippen LogP contribution is -2.49. The molecule has 0 heterocycles. The fourth-order valence-electron chi connectivity index (χ4n) is 2.35. The van der Waals surface area contributed by atoms with Crippen LogP contribution in [0.25, 0.3) is 0 Å². The van der Waals surface area contributed by atoms with Gasteiger partial charge >= 0.3 is 0 Å². The summed E-state index contributed by atoms with van der Waals surface area (Å²) in [7, 11) is 0. The highest BCUT2D eigenvalue weighted by molar-refractivity contribution is 4.86. The molecule has 2 unspecified atom stereocenters. The summed E-state index contributed by atoms with van der Waals surface area (Å²) in [6, 6.07) is 3.04. The van der Waals surface area contributed by atoms with Crippen molar-refractivity contribution >= 4 is 0 Å². The van der Waals surface area contributed by atoms with Crippen LogP contribution in [0, 0.1) is 11.3 Å². The molecule has 3 nitrogen and oxygen atoms in total. The van der Waals surface area contributed by atoms with Crippen LogP contribution >= 0.6 is 0 Å². The predicted octanol–water partition coefficient (Wildman–Crippen LogP) is 1.49. The Hall–Kier alpha value is -0.590. The third-order valence-corrected chi connectivity index (χ3v) is 3.17. The Morgan fingerprint density at radius 1 is 1.43 bits per heavy atom. The third kappa shape index (κ3) is 2.97. The first-order valence-corrected chi connectivity index (χ1v) is 5.66. The summed E-state index contributed by atoms with van der Waals surface area (Å²) in [4.78, 5) is 2.37. The molecular weight excluding hydrogens is 174 g/mol. The maximum Gasteiger partial charge on any atom is 0.0635 e. The molecule has 0 bridgehead atoms. The minimum Gasteiger partial charge on any atom is -0.326 e. The normalized spacial score (nSPS) is 27.6. The Morgan fingerprint density at radius 3 is 2.71 bits per heavy atom. The second-order valence-electron chi connectivity index (χ2n) is 4.05. The van der Waals surface area contributed by atoms with Crippen LogP contribution in [-0.4, -0.2) is 30.1 Å². The van der Waals surface area contributed by atoms with E-state index in [1.165, 1.54) is 19.3 Å². The van der Waals surface area contributed by atoms with E-state index in [0.717, 1.165) is 19.5 Å². The number of nitrogens with two attached hydrogens (primary N) is 1. The number of likely N-dealkylation sites (N-methyl/N-ethyl adjacent to an activating group) is 1. The van der Waals surface area contributed by atoms with Crippen molar-refractivity contribution in [1.29, 1.82) is 5.26 Å². The molecule has 1 saturated carbocycles. The highest BCUT2D eigenvalue weighted by atomic mass is 15.2. The Labute approximate surface area is 86.9 Å². The molecule has 0 aromatic carbocycles. The molecule has 80 valence electrons. The maximum absolute atomic E-state index is 8.57. The van der Waals surface area contributed by atoms with Gasteiger partial charge in [-0.3, -0.25) is 4.90 Å². The van der Waals surface area contributed by atoms with Crippen molar-refractivity contribution in [3.63, 3.8) is 0 Å². The van der Waals surface area contributed by atoms with Gasteiger partial charge in [0.25, 0.3) is 0 Å². The quantitative estimate of drug-likeness (QED) is 0.739. The lowest BCUT2D eigenvalue weighted by molar-refractivity contribution is 0.147. The van der Waals surface area contributed by atoms with Crippen molar-refractivity contribution in [2.24, 2.45) is 5.73 Å². The van der Waals surface area contributed by atoms with Gasteiger partial charge in [-0.15, -0.1) is 0 Å². The van der Waals surface area contributed by atoms with Crippen LogP contribution in [0.3, 0.4) is 0 Å². The van der Waals surface area contributed by atoms with Crippen molar-refractivity contribution < 1.29 is 0 Å². The second kappa shape index (κ2) is 6.00. The number of hydrogen-bond donors (Lipinski definition) is 1. The molecule has 0 aromatic rings. The van der Waals surface area contributed by atoms with Gasteiger partial charge in [0.2, 0.25) is 0 Å². The topological polar surface area (TPSA) is 53.0 Å². The molecular formula is C11H21N3. The van der Waals surface area contributed by atoms with Crippen LogP contribution in [0.15, 0.2) is 0 Å². The van der Waals surface area contributed by atoms with E-state index in [-0.39, 0.29) is 0 Å². The first-order valence-electron chi connectivity index (χ1n) is 5.66. The van der Waals surface area contributed by atoms with Gasteiger partial charge in [-0.25, -0.2) is 0 Å². The highest BCUT2D eigenvalue weighted by Crippen LogP contribution is 2.21. The summed E-state index contributed by atoms with van der Waals surface area (Å²) in [6.07, 6.45) is 5.54. The van der Waals surface area contributed by atoms with Crippen LogP contribution < -0.4 is 5.73 Å². The summed E-state index contributed by atoms with van der Waals surface area (Å²) < 4.78 is 0. The van der Waals surface area contributed by atoms with Crippen molar-refractivity contribution in [3.8, 4) is 6.07 Å². The van der Waals surface area contributed by atoms with Crippen LogP contribution in [0.2, 0.25) is 0 Å². The molecule has 2 atom stereocenters. The molecule has 14 heavy (non-hydrogen) atoms. The molecule has 0 aromatic heterocycles. The van der Waals surface area contributed by atoms with Crippen molar-refractivity contribution in [2.45, 2.75) is 51.1 Å². The van der Waals surface area contributed by atoms with Gasteiger partial charge in [0.05, 0.1) is 6.07 Å². The van der Waals surface area contributed by atoms with Gasteiger partial charge in [0.15, 0.2) is 0 Å². The summed E-state index contributed by atoms with van der Waals surface area (Å²) in [5.41, 5.74) is 6.10. The fraction of sp³-hybridized carbons (Fsp3) is 0.909. The Bertz CT molecular complexity index is 197. The summed E-state index contributed by atoms with van der Waals surface area (Å²) >= 11 is 0. The third-order valence-electron chi connectivity index (χ3n) is 3.17. The molecule has 0 radical (unpaired) electrons. The zero-order valence-corrected chi connectivity index (χ0v) is 9.08. The van der Waals surface area contributed by atoms with E-state index in [4.69, 9.17) is 11.0 Å². The molecule has 0 saturated heterocycles. The highest BCUT2D eigenvalue weighted by Gasteiger charge is 2.26. The summed E-state index contributed by atoms with van der Waals surface area (Å²) in [5, 5.41) is 8.57. The van der Waals surface area contributed by atoms with Gasteiger partial charge in [0.1, 0.15) is 0 Å². The van der Waals surface area contributed by atoms with E-state index in [1.807, 2.05) is 0 Å². The fourth-order valence-corrected chi connectivity index (χ4v) is 2.35. The molecule has 2 N–H and O–H groups in total. The molecule has 1 aliphatic rings. The number of nitriles is 1. The average Bonchev–Trinajstić information content (AvgIpc) is 2.21. The smallest absolute Gasteiger partial charge is 0.0635 e. The minimum absolute atomic E-state index is 0.322. The Kier molecular flexibility index (Phi) is 4.92. The zero-order chi connectivity index (χ0) is 10.4. The molecule has 1 fully saturated rings. The van der Waals surface area contributed by atoms with Gasteiger partial charge in [0, 0.05) is 25.0 Å². The first kappa shape index (κ1) is 11.5. The number of hydrogen-bond acceptors (Lipinski definition) is 3. The van der Waals surface area contributed by atoms with E-state index in [2.05, 4.69) is 17.9 Å². The van der Waals surface area contributed by atoms with E-state index in [0.29, 0.717) is 18.5 Å². The molecule has 1 rings (SSSR count). The van der Waals surface area contributed by atoms with Crippen LogP contribution in [0.4, 0.5) is 0 Å². The lowest BCUT2D eigenvalue weighted by Gasteiger charge is -2.37. The average molecular weight is 195 g/mol. The summed E-state index contributed by atoms with van der Waals surface area (Å²) in [5.74, 6) is 0. The summed E-state index contributed by atoms with van der Waals surface area (Å²) in [6.45, 7) is 4.05. The monoisotopic (exact) mass is 195 g/mol. The zero-order valence-electron chi connectivity index (χ0n) is 9.08. The van der Waals surface area contributed by atoms with E-state index >= 15 is 0 Å². The number of nitrogens with zero attached hydrogens (tertiary/aromatic N) is 2. The van der Waals surface area contributed by atoms with Gasteiger partial charge < -0.3 is 5.73 Å². The molecule has 1 aliphatic carbocycles. The van der Waals surface area contributed by atoms with E-state index in [1.54, 1.807) is 0 Å². The second-order valence-corrected chi connectivity index (χ2v) is 4.05. The SMILES string of the molecule is CCN(CCC#N)C1CCCCC1N. The Morgan fingerprint density at radius 2 is 2.14 bits per heavy atom. The van der Waals surface area contributed by atoms with Crippen molar-refractivity contribution in [1.82, 2.24) is 4.90 Å². The molecule has 0 spiro atoms. The minimum atomic E-state index is 0.322. The van der Waals surface area contributed by atoms with Gasteiger partial charge in [-0.2, -0.15) is 5.26 Å². The van der Waals surface area contributed by atoms with Gasteiger partial charge in [-0.1, -0.05) is 19.8 Å². The van der Waals surface area contributed by atoms with Crippen LogP contribution in [0.5, 0.6) is 0 Å². The van der Waals surface area contributed by atoms with Crippen molar-refractivity contribution in [2.75, 3.05) is 13.1 Å². The molecule has 0 aliphatic heterocycles. The van der Waals surface area contributed by atoms with Crippen molar-refractivity contribution in [3.05, 3.63) is 0 Å². The Balaban J connectivity index is 2.45. The molecule has 0 amide bonds. The standard InChI is InChI=1S/C11H21N3/c1-2-14(9-5-8-12)11-7-4-3-6-10(11)13/h10-11H,2-7,9,13H2,1H3. The van der Waals surface area contributed by atoms with E-state index in [9.17, 15) is 0 Å². The lowest BCUT2D eigenvalue weighted by atomic mass is 9.89. The van der Waals surface area contributed by atoms with Gasteiger partial charge in [-0.05, 0) is 19.4 Å². The van der Waals surface area contributed by atoms with E-state index < -0.39 is 0 Å². The first-order chi connectivity index (χ1) is 6.79. The molecule has 3 heteroatoms. The number of rotatable bonds is 4. The largest absolute Gasteiger partial charge is 0.326 e. The predicted molar refractivity (Wildman–Crippen MR) is 57.7 cm³/mol. The van der Waals surface area contributed by atoms with Crippen LogP contribution in [-0.2, 0) is 0 Å². The maximum atomic E-state index is 8.57. The van der Waals surface area contributed by atoms with Crippen LogP contribution in [0.1, 0.15) is 39.0 Å².